The zero-order valence-corrected chi connectivity index (χ0v) is 11.7. The van der Waals surface area contributed by atoms with Crippen LogP contribution >= 0.6 is 11.6 Å². The average molecular weight is 287 g/mol. The Morgan fingerprint density at radius 1 is 1.10 bits per heavy atom. The topological polar surface area (TPSA) is 32.3 Å². The number of nitrogens with one attached hydrogen (secondary N) is 1. The summed E-state index contributed by atoms with van der Waals surface area (Å²) >= 11 is 6.04. The Labute approximate surface area is 123 Å². The molecule has 1 aliphatic rings. The van der Waals surface area contributed by atoms with Crippen LogP contribution < -0.4 is 10.2 Å². The summed E-state index contributed by atoms with van der Waals surface area (Å²) in [5, 5.41) is 3.56. The zero-order valence-electron chi connectivity index (χ0n) is 11.0. The number of anilines is 3. The van der Waals surface area contributed by atoms with Gasteiger partial charge in [-0.1, -0.05) is 29.8 Å². The molecular weight excluding hydrogens is 272 g/mol. The SMILES string of the molecule is O=C1CCCN(c2ccccc2)c2ccc(Cl)cc2N1. The van der Waals surface area contributed by atoms with Crippen LogP contribution in [0.15, 0.2) is 48.5 Å². The van der Waals surface area contributed by atoms with Gasteiger partial charge in [-0.15, -0.1) is 0 Å². The third-order valence-electron chi connectivity index (χ3n) is 3.38. The molecule has 2 aromatic rings. The maximum Gasteiger partial charge on any atom is 0.224 e. The lowest BCUT2D eigenvalue weighted by molar-refractivity contribution is -0.116. The molecule has 3 rings (SSSR count). The number of nitrogens with zero attached hydrogens (tertiary/aromatic N) is 1. The van der Waals surface area contributed by atoms with Crippen molar-refractivity contribution >= 4 is 34.6 Å². The van der Waals surface area contributed by atoms with Gasteiger partial charge in [0.2, 0.25) is 5.91 Å². The first-order valence-corrected chi connectivity index (χ1v) is 7.04. The number of rotatable bonds is 1. The van der Waals surface area contributed by atoms with Gasteiger partial charge in [0, 0.05) is 23.7 Å². The standard InChI is InChI=1S/C16H15ClN2O/c17-12-8-9-15-14(11-12)18-16(20)7-4-10-19(15)13-5-2-1-3-6-13/h1-3,5-6,8-9,11H,4,7,10H2,(H,18,20). The van der Waals surface area contributed by atoms with Gasteiger partial charge in [0.1, 0.15) is 0 Å². The third-order valence-corrected chi connectivity index (χ3v) is 3.61. The van der Waals surface area contributed by atoms with E-state index in [1.165, 1.54) is 0 Å². The summed E-state index contributed by atoms with van der Waals surface area (Å²) in [5.41, 5.74) is 2.87. The summed E-state index contributed by atoms with van der Waals surface area (Å²) in [6.07, 6.45) is 1.35. The highest BCUT2D eigenvalue weighted by atomic mass is 35.5. The molecule has 0 radical (unpaired) electrons. The van der Waals surface area contributed by atoms with E-state index in [1.807, 2.05) is 30.3 Å². The minimum Gasteiger partial charge on any atom is -0.340 e. The van der Waals surface area contributed by atoms with E-state index in [0.29, 0.717) is 11.4 Å². The number of carbonyl (C=O) groups excluding carboxylic acids is 1. The molecule has 2 aromatic carbocycles. The van der Waals surface area contributed by atoms with Crippen LogP contribution in [-0.4, -0.2) is 12.5 Å². The third kappa shape index (κ3) is 2.63. The van der Waals surface area contributed by atoms with Crippen molar-refractivity contribution in [2.45, 2.75) is 12.8 Å². The molecular formula is C16H15ClN2O. The van der Waals surface area contributed by atoms with E-state index >= 15 is 0 Å². The normalized spacial score (nSPS) is 15.1. The molecule has 102 valence electrons. The van der Waals surface area contributed by atoms with Crippen molar-refractivity contribution in [1.29, 1.82) is 0 Å². The van der Waals surface area contributed by atoms with Crippen molar-refractivity contribution in [3.63, 3.8) is 0 Å². The Kier molecular flexibility index (Phi) is 3.61. The molecule has 4 heteroatoms. The molecule has 0 unspecified atom stereocenters. The molecule has 1 N–H and O–H groups in total. The van der Waals surface area contributed by atoms with Crippen LogP contribution in [0, 0.1) is 0 Å². The van der Waals surface area contributed by atoms with Gasteiger partial charge >= 0.3 is 0 Å². The molecule has 0 bridgehead atoms. The Morgan fingerprint density at radius 3 is 2.70 bits per heavy atom. The Hall–Kier alpha value is -2.00. The lowest BCUT2D eigenvalue weighted by atomic mass is 10.1. The van der Waals surface area contributed by atoms with Crippen LogP contribution in [-0.2, 0) is 4.79 Å². The van der Waals surface area contributed by atoms with E-state index in [2.05, 4.69) is 22.3 Å². The van der Waals surface area contributed by atoms with Gasteiger partial charge in [-0.05, 0) is 36.8 Å². The molecule has 3 nitrogen and oxygen atoms in total. The number of hydrogen-bond acceptors (Lipinski definition) is 2. The molecule has 0 saturated heterocycles. The molecule has 0 atom stereocenters. The van der Waals surface area contributed by atoms with Crippen molar-refractivity contribution in [3.8, 4) is 0 Å². The van der Waals surface area contributed by atoms with Crippen molar-refractivity contribution in [3.05, 3.63) is 53.6 Å². The fourth-order valence-corrected chi connectivity index (χ4v) is 2.62. The molecule has 0 fully saturated rings. The monoisotopic (exact) mass is 286 g/mol. The van der Waals surface area contributed by atoms with Crippen LogP contribution in [0.5, 0.6) is 0 Å². The summed E-state index contributed by atoms with van der Waals surface area (Å²) in [7, 11) is 0. The molecule has 0 spiro atoms. The smallest absolute Gasteiger partial charge is 0.224 e. The Balaban J connectivity index is 2.08. The van der Waals surface area contributed by atoms with Gasteiger partial charge in [0.05, 0.1) is 11.4 Å². The highest BCUT2D eigenvalue weighted by molar-refractivity contribution is 6.31. The van der Waals surface area contributed by atoms with Crippen molar-refractivity contribution < 1.29 is 4.79 Å². The number of hydrogen-bond donors (Lipinski definition) is 1. The van der Waals surface area contributed by atoms with Gasteiger partial charge in [0.25, 0.3) is 0 Å². The fraction of sp³-hybridized carbons (Fsp3) is 0.188. The molecule has 1 aliphatic heterocycles. The lowest BCUT2D eigenvalue weighted by Gasteiger charge is -2.29. The Bertz CT molecular complexity index is 628. The van der Waals surface area contributed by atoms with Gasteiger partial charge < -0.3 is 10.2 Å². The van der Waals surface area contributed by atoms with Gasteiger partial charge in [-0.3, -0.25) is 4.79 Å². The molecule has 1 heterocycles. The van der Waals surface area contributed by atoms with Crippen LogP contribution in [0.3, 0.4) is 0 Å². The van der Waals surface area contributed by atoms with E-state index in [-0.39, 0.29) is 5.91 Å². The van der Waals surface area contributed by atoms with Gasteiger partial charge in [-0.2, -0.15) is 0 Å². The minimum absolute atomic E-state index is 0.0428. The van der Waals surface area contributed by atoms with E-state index < -0.39 is 0 Å². The van der Waals surface area contributed by atoms with Gasteiger partial charge in [0.15, 0.2) is 0 Å². The van der Waals surface area contributed by atoms with E-state index in [4.69, 9.17) is 11.6 Å². The van der Waals surface area contributed by atoms with Crippen LogP contribution in [0.2, 0.25) is 5.02 Å². The van der Waals surface area contributed by atoms with Crippen LogP contribution in [0.1, 0.15) is 12.8 Å². The number of halogens is 1. The highest BCUT2D eigenvalue weighted by Crippen LogP contribution is 2.35. The quantitative estimate of drug-likeness (QED) is 0.852. The average Bonchev–Trinajstić information content (AvgIpc) is 2.44. The summed E-state index contributed by atoms with van der Waals surface area (Å²) < 4.78 is 0. The van der Waals surface area contributed by atoms with Gasteiger partial charge in [-0.25, -0.2) is 0 Å². The zero-order chi connectivity index (χ0) is 13.9. The molecule has 0 aliphatic carbocycles. The van der Waals surface area contributed by atoms with E-state index in [9.17, 15) is 4.79 Å². The largest absolute Gasteiger partial charge is 0.340 e. The maximum absolute atomic E-state index is 11.8. The van der Waals surface area contributed by atoms with Crippen molar-refractivity contribution in [2.75, 3.05) is 16.8 Å². The van der Waals surface area contributed by atoms with Crippen molar-refractivity contribution in [2.24, 2.45) is 0 Å². The predicted molar refractivity (Wildman–Crippen MR) is 82.8 cm³/mol. The summed E-state index contributed by atoms with van der Waals surface area (Å²) in [6.45, 7) is 0.812. The first-order valence-electron chi connectivity index (χ1n) is 6.66. The second kappa shape index (κ2) is 5.55. The van der Waals surface area contributed by atoms with Crippen LogP contribution in [0.4, 0.5) is 17.1 Å². The fourth-order valence-electron chi connectivity index (χ4n) is 2.45. The molecule has 0 saturated carbocycles. The van der Waals surface area contributed by atoms with Crippen LogP contribution in [0.25, 0.3) is 0 Å². The number of para-hydroxylation sites is 1. The number of fused-ring (bicyclic) bond motifs is 1. The molecule has 1 amide bonds. The van der Waals surface area contributed by atoms with E-state index in [0.717, 1.165) is 30.0 Å². The molecule has 0 aromatic heterocycles. The molecule has 20 heavy (non-hydrogen) atoms. The number of carbonyl (C=O) groups is 1. The first kappa shape index (κ1) is 13.0. The maximum atomic E-state index is 11.8. The second-order valence-corrected chi connectivity index (χ2v) is 5.24. The lowest BCUT2D eigenvalue weighted by Crippen LogP contribution is -2.25. The highest BCUT2D eigenvalue weighted by Gasteiger charge is 2.18. The van der Waals surface area contributed by atoms with Crippen molar-refractivity contribution in [1.82, 2.24) is 0 Å². The summed E-state index contributed by atoms with van der Waals surface area (Å²) in [4.78, 5) is 14.0. The second-order valence-electron chi connectivity index (χ2n) is 4.80. The summed E-state index contributed by atoms with van der Waals surface area (Å²) in [6, 6.07) is 15.8. The predicted octanol–water partition coefficient (Wildman–Crippen LogP) is 4.21. The minimum atomic E-state index is 0.0428. The summed E-state index contributed by atoms with van der Waals surface area (Å²) in [5.74, 6) is 0.0428. The van der Waals surface area contributed by atoms with E-state index in [1.54, 1.807) is 6.07 Å². The number of benzene rings is 2. The first-order chi connectivity index (χ1) is 9.74. The Morgan fingerprint density at radius 2 is 1.90 bits per heavy atom. The number of amides is 1.